The first kappa shape index (κ1) is 14.5. The molecule has 1 atom stereocenters. The van der Waals surface area contributed by atoms with Gasteiger partial charge in [0.05, 0.1) is 0 Å². The van der Waals surface area contributed by atoms with Gasteiger partial charge < -0.3 is 15.5 Å². The highest BCUT2D eigenvalue weighted by Gasteiger charge is 2.09. The number of aromatic amines is 1. The first-order chi connectivity index (χ1) is 10.6. The van der Waals surface area contributed by atoms with Crippen LogP contribution in [-0.4, -0.2) is 17.6 Å². The SMILES string of the molecule is N[C@@H](COc1cc(F)cc(F)c1)Cc1cc2ccccc2[nH]1. The lowest BCUT2D eigenvalue weighted by molar-refractivity contribution is 0.284. The van der Waals surface area contributed by atoms with Crippen molar-refractivity contribution in [3.63, 3.8) is 0 Å². The Bertz CT molecular complexity index is 732. The van der Waals surface area contributed by atoms with E-state index in [2.05, 4.69) is 4.98 Å². The number of benzene rings is 2. The molecule has 0 aliphatic carbocycles. The number of nitrogens with two attached hydrogens (primary N) is 1. The van der Waals surface area contributed by atoms with Gasteiger partial charge in [0.25, 0.3) is 0 Å². The van der Waals surface area contributed by atoms with Crippen LogP contribution < -0.4 is 10.5 Å². The van der Waals surface area contributed by atoms with Gasteiger partial charge in [0.15, 0.2) is 0 Å². The molecule has 0 bridgehead atoms. The fraction of sp³-hybridized carbons (Fsp3) is 0.176. The Morgan fingerprint density at radius 1 is 1.05 bits per heavy atom. The Hall–Kier alpha value is -2.40. The van der Waals surface area contributed by atoms with Crippen molar-refractivity contribution in [1.29, 1.82) is 0 Å². The standard InChI is InChI=1S/C17H16F2N2O/c18-12-6-13(19)8-16(7-12)22-10-14(20)9-15-5-11-3-1-2-4-17(11)21-15/h1-8,14,21H,9-10,20H2/t14-/m1/s1. The van der Waals surface area contributed by atoms with Crippen LogP contribution in [0.25, 0.3) is 10.9 Å². The maximum absolute atomic E-state index is 13.1. The Labute approximate surface area is 126 Å². The predicted molar refractivity (Wildman–Crippen MR) is 81.8 cm³/mol. The van der Waals surface area contributed by atoms with Crippen LogP contribution >= 0.6 is 0 Å². The van der Waals surface area contributed by atoms with Gasteiger partial charge in [-0.05, 0) is 17.5 Å². The second-order valence-corrected chi connectivity index (χ2v) is 5.26. The van der Waals surface area contributed by atoms with Gasteiger partial charge in [-0.3, -0.25) is 0 Å². The van der Waals surface area contributed by atoms with E-state index in [1.807, 2.05) is 30.3 Å². The van der Waals surface area contributed by atoms with E-state index in [4.69, 9.17) is 10.5 Å². The van der Waals surface area contributed by atoms with Crippen LogP contribution in [-0.2, 0) is 6.42 Å². The molecule has 3 rings (SSSR count). The van der Waals surface area contributed by atoms with Crippen molar-refractivity contribution < 1.29 is 13.5 Å². The summed E-state index contributed by atoms with van der Waals surface area (Å²) in [6, 6.07) is 12.8. The Balaban J connectivity index is 1.61. The van der Waals surface area contributed by atoms with E-state index >= 15 is 0 Å². The predicted octanol–water partition coefficient (Wildman–Crippen LogP) is 3.39. The topological polar surface area (TPSA) is 51.0 Å². The van der Waals surface area contributed by atoms with Crippen LogP contribution in [0.3, 0.4) is 0 Å². The van der Waals surface area contributed by atoms with E-state index in [9.17, 15) is 8.78 Å². The van der Waals surface area contributed by atoms with Gasteiger partial charge in [-0.2, -0.15) is 0 Å². The molecule has 0 aliphatic rings. The fourth-order valence-electron chi connectivity index (χ4n) is 2.40. The summed E-state index contributed by atoms with van der Waals surface area (Å²) in [7, 11) is 0. The molecule has 3 N–H and O–H groups in total. The van der Waals surface area contributed by atoms with E-state index in [0.29, 0.717) is 6.42 Å². The summed E-state index contributed by atoms with van der Waals surface area (Å²) >= 11 is 0. The summed E-state index contributed by atoms with van der Waals surface area (Å²) in [5.41, 5.74) is 8.08. The number of ether oxygens (including phenoxy) is 1. The third-order valence-electron chi connectivity index (χ3n) is 3.37. The van der Waals surface area contributed by atoms with Crippen LogP contribution in [0.5, 0.6) is 5.75 Å². The van der Waals surface area contributed by atoms with E-state index in [0.717, 1.165) is 34.8 Å². The zero-order valence-corrected chi connectivity index (χ0v) is 11.9. The molecule has 3 aromatic rings. The quantitative estimate of drug-likeness (QED) is 0.759. The Morgan fingerprint density at radius 2 is 1.77 bits per heavy atom. The largest absolute Gasteiger partial charge is 0.492 e. The van der Waals surface area contributed by atoms with E-state index in [1.165, 1.54) is 0 Å². The van der Waals surface area contributed by atoms with Crippen LogP contribution in [0.1, 0.15) is 5.69 Å². The van der Waals surface area contributed by atoms with E-state index in [1.54, 1.807) is 0 Å². The minimum atomic E-state index is -0.667. The summed E-state index contributed by atoms with van der Waals surface area (Å²) in [6.45, 7) is 0.179. The molecule has 114 valence electrons. The summed E-state index contributed by atoms with van der Waals surface area (Å²) < 4.78 is 31.5. The third-order valence-corrected chi connectivity index (χ3v) is 3.37. The highest BCUT2D eigenvalue weighted by atomic mass is 19.1. The monoisotopic (exact) mass is 302 g/mol. The lowest BCUT2D eigenvalue weighted by atomic mass is 10.1. The van der Waals surface area contributed by atoms with Crippen molar-refractivity contribution in [3.8, 4) is 5.75 Å². The van der Waals surface area contributed by atoms with Crippen molar-refractivity contribution in [2.75, 3.05) is 6.61 Å². The van der Waals surface area contributed by atoms with Gasteiger partial charge in [-0.1, -0.05) is 18.2 Å². The summed E-state index contributed by atoms with van der Waals surface area (Å²) in [5.74, 6) is -1.19. The molecule has 0 saturated carbocycles. The normalized spacial score (nSPS) is 12.5. The molecule has 0 saturated heterocycles. The number of aromatic nitrogens is 1. The zero-order valence-electron chi connectivity index (χ0n) is 11.9. The first-order valence-electron chi connectivity index (χ1n) is 7.01. The highest BCUT2D eigenvalue weighted by molar-refractivity contribution is 5.80. The lowest BCUT2D eigenvalue weighted by Gasteiger charge is -2.12. The molecule has 0 fully saturated rings. The molecule has 22 heavy (non-hydrogen) atoms. The average Bonchev–Trinajstić information content (AvgIpc) is 2.86. The van der Waals surface area contributed by atoms with Crippen molar-refractivity contribution in [2.24, 2.45) is 5.73 Å². The fourth-order valence-corrected chi connectivity index (χ4v) is 2.40. The number of rotatable bonds is 5. The van der Waals surface area contributed by atoms with Gasteiger partial charge in [-0.15, -0.1) is 0 Å². The van der Waals surface area contributed by atoms with Crippen LogP contribution in [0.2, 0.25) is 0 Å². The number of hydrogen-bond donors (Lipinski definition) is 2. The third kappa shape index (κ3) is 3.43. The minimum absolute atomic E-state index is 0.143. The molecule has 0 unspecified atom stereocenters. The smallest absolute Gasteiger partial charge is 0.129 e. The molecule has 1 aromatic heterocycles. The average molecular weight is 302 g/mol. The molecule has 0 aliphatic heterocycles. The number of halogens is 2. The van der Waals surface area contributed by atoms with Crippen molar-refractivity contribution in [3.05, 3.63) is 65.9 Å². The molecule has 1 heterocycles. The zero-order chi connectivity index (χ0) is 15.5. The number of H-pyrrole nitrogens is 1. The van der Waals surface area contributed by atoms with Crippen LogP contribution in [0, 0.1) is 11.6 Å². The number of para-hydroxylation sites is 1. The number of fused-ring (bicyclic) bond motifs is 1. The molecule has 0 amide bonds. The first-order valence-corrected chi connectivity index (χ1v) is 7.01. The van der Waals surface area contributed by atoms with E-state index in [-0.39, 0.29) is 18.4 Å². The Kier molecular flexibility index (Phi) is 4.06. The van der Waals surface area contributed by atoms with Crippen molar-refractivity contribution in [1.82, 2.24) is 4.98 Å². The van der Waals surface area contributed by atoms with Gasteiger partial charge in [0.1, 0.15) is 24.0 Å². The molecule has 3 nitrogen and oxygen atoms in total. The summed E-state index contributed by atoms with van der Waals surface area (Å²) in [6.07, 6.45) is 0.590. The molecule has 5 heteroatoms. The summed E-state index contributed by atoms with van der Waals surface area (Å²) in [5, 5.41) is 1.12. The van der Waals surface area contributed by atoms with Crippen LogP contribution in [0.15, 0.2) is 48.5 Å². The van der Waals surface area contributed by atoms with Gasteiger partial charge in [0, 0.05) is 41.9 Å². The number of nitrogens with one attached hydrogen (secondary N) is 1. The second-order valence-electron chi connectivity index (χ2n) is 5.26. The lowest BCUT2D eigenvalue weighted by Crippen LogP contribution is -2.30. The summed E-state index contributed by atoms with van der Waals surface area (Å²) in [4.78, 5) is 3.29. The number of hydrogen-bond acceptors (Lipinski definition) is 2. The molecule has 0 radical (unpaired) electrons. The second kappa shape index (κ2) is 6.15. The van der Waals surface area contributed by atoms with Gasteiger partial charge in [-0.25, -0.2) is 8.78 Å². The van der Waals surface area contributed by atoms with Gasteiger partial charge >= 0.3 is 0 Å². The maximum atomic E-state index is 13.1. The molecular formula is C17H16F2N2O. The van der Waals surface area contributed by atoms with Crippen LogP contribution in [0.4, 0.5) is 8.78 Å². The maximum Gasteiger partial charge on any atom is 0.129 e. The minimum Gasteiger partial charge on any atom is -0.492 e. The van der Waals surface area contributed by atoms with E-state index < -0.39 is 11.6 Å². The van der Waals surface area contributed by atoms with Gasteiger partial charge in [0.2, 0.25) is 0 Å². The van der Waals surface area contributed by atoms with Crippen molar-refractivity contribution in [2.45, 2.75) is 12.5 Å². The molecular weight excluding hydrogens is 286 g/mol. The Morgan fingerprint density at radius 3 is 2.50 bits per heavy atom. The molecule has 0 spiro atoms. The molecule has 2 aromatic carbocycles. The van der Waals surface area contributed by atoms with Crippen molar-refractivity contribution >= 4 is 10.9 Å². The highest BCUT2D eigenvalue weighted by Crippen LogP contribution is 2.17.